The number of benzene rings is 4. The van der Waals surface area contributed by atoms with Gasteiger partial charge in [-0.15, -0.1) is 0 Å². The number of carbonyl (C=O) groups is 3. The van der Waals surface area contributed by atoms with Crippen LogP contribution < -0.4 is 19.1 Å². The molecule has 0 fully saturated rings. The molecule has 0 radical (unpaired) electrons. The van der Waals surface area contributed by atoms with Crippen molar-refractivity contribution in [2.75, 3.05) is 18.1 Å². The molecule has 1 aliphatic heterocycles. The van der Waals surface area contributed by atoms with E-state index < -0.39 is 33.6 Å². The summed E-state index contributed by atoms with van der Waals surface area (Å²) < 4.78 is 52.5. The Morgan fingerprint density at radius 2 is 1.48 bits per heavy atom. The second kappa shape index (κ2) is 11.5. The molecule has 12 heteroatoms. The van der Waals surface area contributed by atoms with Gasteiger partial charge in [0.05, 0.1) is 41.3 Å². The van der Waals surface area contributed by atoms with Gasteiger partial charge in [-0.1, -0.05) is 40.2 Å². The smallest absolute Gasteiger partial charge is 0.270 e. The monoisotopic (exact) mass is 654 g/mol. The van der Waals surface area contributed by atoms with E-state index in [0.29, 0.717) is 20.8 Å². The molecule has 0 unspecified atom stereocenters. The standard InChI is InChI=1S/C30H24BrFN2O7S/c1-3-40-27-21-6-5-7-22(31)24(21)28(41-4-2)26-25(27)29(36)34(30(26)37)19-12-8-17(9-13-19)16-23(35)33-42(38,39)20-14-10-18(32)11-15-20/h5-15H,3-4,16H2,1-2H3,(H,33,35). The van der Waals surface area contributed by atoms with E-state index in [9.17, 15) is 27.2 Å². The van der Waals surface area contributed by atoms with Gasteiger partial charge in [-0.3, -0.25) is 14.4 Å². The van der Waals surface area contributed by atoms with Crippen molar-refractivity contribution in [2.45, 2.75) is 25.2 Å². The molecule has 9 nitrogen and oxygen atoms in total. The summed E-state index contributed by atoms with van der Waals surface area (Å²) in [5, 5.41) is 1.23. The molecule has 0 saturated heterocycles. The first-order valence-corrected chi connectivity index (χ1v) is 15.2. The number of fused-ring (bicyclic) bond motifs is 2. The fraction of sp³-hybridized carbons (Fsp3) is 0.167. The van der Waals surface area contributed by atoms with Gasteiger partial charge in [-0.25, -0.2) is 22.4 Å². The van der Waals surface area contributed by atoms with Crippen molar-refractivity contribution in [1.82, 2.24) is 4.72 Å². The molecule has 0 aliphatic carbocycles. The molecular weight excluding hydrogens is 631 g/mol. The van der Waals surface area contributed by atoms with Gasteiger partial charge < -0.3 is 9.47 Å². The molecule has 0 spiro atoms. The van der Waals surface area contributed by atoms with E-state index in [-0.39, 0.29) is 52.8 Å². The third-order valence-corrected chi connectivity index (χ3v) is 8.58. The van der Waals surface area contributed by atoms with Crippen LogP contribution in [0.15, 0.2) is 76.1 Å². The van der Waals surface area contributed by atoms with E-state index in [0.717, 1.165) is 29.2 Å². The number of sulfonamides is 1. The number of hydrogen-bond acceptors (Lipinski definition) is 7. The molecule has 1 heterocycles. The summed E-state index contributed by atoms with van der Waals surface area (Å²) in [6.07, 6.45) is -0.300. The van der Waals surface area contributed by atoms with Crippen molar-refractivity contribution in [3.63, 3.8) is 0 Å². The van der Waals surface area contributed by atoms with E-state index in [4.69, 9.17) is 9.47 Å². The summed E-state index contributed by atoms with van der Waals surface area (Å²) in [6.45, 7) is 4.08. The van der Waals surface area contributed by atoms with Crippen LogP contribution in [0.4, 0.5) is 10.1 Å². The lowest BCUT2D eigenvalue weighted by Crippen LogP contribution is -2.32. The van der Waals surface area contributed by atoms with E-state index in [2.05, 4.69) is 15.9 Å². The molecule has 4 aromatic rings. The van der Waals surface area contributed by atoms with Gasteiger partial charge >= 0.3 is 0 Å². The van der Waals surface area contributed by atoms with Crippen molar-refractivity contribution in [1.29, 1.82) is 0 Å². The van der Waals surface area contributed by atoms with Crippen LogP contribution in [0.2, 0.25) is 0 Å². The minimum Gasteiger partial charge on any atom is -0.492 e. The maximum atomic E-state index is 13.8. The number of anilines is 1. The number of nitrogens with zero attached hydrogens (tertiary/aromatic N) is 1. The number of carbonyl (C=O) groups excluding carboxylic acids is 3. The maximum absolute atomic E-state index is 13.8. The Morgan fingerprint density at radius 1 is 0.881 bits per heavy atom. The van der Waals surface area contributed by atoms with Gasteiger partial charge in [-0.2, -0.15) is 0 Å². The van der Waals surface area contributed by atoms with Gasteiger partial charge in [0.1, 0.15) is 17.3 Å². The highest BCUT2D eigenvalue weighted by atomic mass is 79.9. The summed E-state index contributed by atoms with van der Waals surface area (Å²) >= 11 is 3.54. The number of ether oxygens (including phenoxy) is 2. The minimum atomic E-state index is -4.19. The first kappa shape index (κ1) is 29.2. The SMILES string of the molecule is CCOc1c2c(c(OCC)c3c(Br)cccc13)C(=O)N(c1ccc(CC(=O)NS(=O)(=O)c3ccc(F)cc3)cc1)C2=O. The molecular formula is C30H24BrFN2O7S. The van der Waals surface area contributed by atoms with Crippen LogP contribution in [0.1, 0.15) is 40.1 Å². The normalized spacial score (nSPS) is 12.9. The first-order valence-electron chi connectivity index (χ1n) is 12.9. The van der Waals surface area contributed by atoms with E-state index in [1.807, 2.05) is 10.8 Å². The van der Waals surface area contributed by atoms with Crippen LogP contribution in [0.25, 0.3) is 10.8 Å². The van der Waals surface area contributed by atoms with Crippen LogP contribution in [-0.2, 0) is 21.2 Å². The third-order valence-electron chi connectivity index (χ3n) is 6.53. The highest BCUT2D eigenvalue weighted by Crippen LogP contribution is 2.48. The number of imide groups is 1. The zero-order chi connectivity index (χ0) is 30.2. The van der Waals surface area contributed by atoms with Crippen molar-refractivity contribution in [2.24, 2.45) is 0 Å². The first-order chi connectivity index (χ1) is 20.1. The molecule has 1 N–H and O–H groups in total. The number of rotatable bonds is 9. The fourth-order valence-electron chi connectivity index (χ4n) is 4.78. The molecule has 216 valence electrons. The summed E-state index contributed by atoms with van der Waals surface area (Å²) in [5.74, 6) is -2.04. The number of nitrogens with one attached hydrogen (secondary N) is 1. The van der Waals surface area contributed by atoms with Gasteiger partial charge in [-0.05, 0) is 61.9 Å². The van der Waals surface area contributed by atoms with Gasteiger partial charge in [0.25, 0.3) is 21.8 Å². The van der Waals surface area contributed by atoms with Crippen LogP contribution >= 0.6 is 15.9 Å². The lowest BCUT2D eigenvalue weighted by Gasteiger charge is -2.17. The quantitative estimate of drug-likeness (QED) is 0.241. The predicted octanol–water partition coefficient (Wildman–Crippen LogP) is 5.39. The molecule has 1 aliphatic rings. The topological polar surface area (TPSA) is 119 Å². The van der Waals surface area contributed by atoms with Gasteiger partial charge in [0.2, 0.25) is 5.91 Å². The lowest BCUT2D eigenvalue weighted by atomic mass is 9.99. The van der Waals surface area contributed by atoms with Crippen LogP contribution in [0.3, 0.4) is 0 Å². The average molecular weight is 655 g/mol. The zero-order valence-corrected chi connectivity index (χ0v) is 24.8. The fourth-order valence-corrected chi connectivity index (χ4v) is 6.31. The van der Waals surface area contributed by atoms with Gasteiger partial charge in [0, 0.05) is 15.2 Å². The summed E-state index contributed by atoms with van der Waals surface area (Å²) in [6, 6.07) is 15.5. The molecule has 0 saturated carbocycles. The molecule has 0 aromatic heterocycles. The largest absolute Gasteiger partial charge is 0.492 e. The van der Waals surface area contributed by atoms with Crippen molar-refractivity contribution in [3.05, 3.63) is 93.7 Å². The summed E-state index contributed by atoms with van der Waals surface area (Å²) in [4.78, 5) is 40.8. The number of halogens is 2. The average Bonchev–Trinajstić information content (AvgIpc) is 3.20. The van der Waals surface area contributed by atoms with Crippen molar-refractivity contribution < 1.29 is 36.7 Å². The maximum Gasteiger partial charge on any atom is 0.270 e. The second-order valence-corrected chi connectivity index (χ2v) is 11.7. The van der Waals surface area contributed by atoms with Crippen LogP contribution in [0, 0.1) is 5.82 Å². The molecule has 0 atom stereocenters. The molecule has 0 bridgehead atoms. The molecule has 4 aromatic carbocycles. The Kier molecular flexibility index (Phi) is 8.02. The van der Waals surface area contributed by atoms with E-state index in [1.165, 1.54) is 24.3 Å². The zero-order valence-electron chi connectivity index (χ0n) is 22.4. The Morgan fingerprint density at radius 3 is 2.10 bits per heavy atom. The van der Waals surface area contributed by atoms with Crippen molar-refractivity contribution in [3.8, 4) is 11.5 Å². The highest BCUT2D eigenvalue weighted by molar-refractivity contribution is 9.10. The highest BCUT2D eigenvalue weighted by Gasteiger charge is 2.43. The molecule has 5 rings (SSSR count). The summed E-state index contributed by atoms with van der Waals surface area (Å²) in [5.41, 5.74) is 0.878. The van der Waals surface area contributed by atoms with Crippen LogP contribution in [-0.4, -0.2) is 39.4 Å². The molecule has 42 heavy (non-hydrogen) atoms. The van der Waals surface area contributed by atoms with E-state index in [1.54, 1.807) is 26.0 Å². The minimum absolute atomic E-state index is 0.0964. The summed E-state index contributed by atoms with van der Waals surface area (Å²) in [7, 11) is -4.19. The van der Waals surface area contributed by atoms with Crippen LogP contribution in [0.5, 0.6) is 11.5 Å². The second-order valence-electron chi connectivity index (χ2n) is 9.21. The Bertz CT molecular complexity index is 1840. The van der Waals surface area contributed by atoms with E-state index >= 15 is 0 Å². The predicted molar refractivity (Wildman–Crippen MR) is 157 cm³/mol. The third kappa shape index (κ3) is 5.23. The number of amides is 3. The Balaban J connectivity index is 1.44. The Labute approximate surface area is 249 Å². The van der Waals surface area contributed by atoms with Crippen molar-refractivity contribution >= 4 is 60.1 Å². The Hall–Kier alpha value is -4.29. The molecule has 3 amide bonds. The van der Waals surface area contributed by atoms with Gasteiger partial charge in [0.15, 0.2) is 0 Å². The number of hydrogen-bond donors (Lipinski definition) is 1. The lowest BCUT2D eigenvalue weighted by molar-refractivity contribution is -0.118.